The molecule has 0 saturated heterocycles. The molecule has 28 heavy (non-hydrogen) atoms. The van der Waals surface area contributed by atoms with E-state index in [0.29, 0.717) is 22.9 Å². The highest BCUT2D eigenvalue weighted by Crippen LogP contribution is 2.20. The number of carbonyl (C=O) groups excluding carboxylic acids is 3. The van der Waals surface area contributed by atoms with Crippen molar-refractivity contribution in [3.63, 3.8) is 0 Å². The highest BCUT2D eigenvalue weighted by atomic mass is 16.6. The molecule has 1 N–H and O–H groups in total. The number of Topliss-reactive ketones (excluding diaryl/α,β-unsaturated/α-hetero) is 1. The summed E-state index contributed by atoms with van der Waals surface area (Å²) >= 11 is 0. The molecule has 1 atom stereocenters. The summed E-state index contributed by atoms with van der Waals surface area (Å²) in [7, 11) is 0. The average molecular weight is 383 g/mol. The van der Waals surface area contributed by atoms with Gasteiger partial charge in [0.2, 0.25) is 0 Å². The number of nitrogens with one attached hydrogen (secondary N) is 1. The Kier molecular flexibility index (Phi) is 7.75. The van der Waals surface area contributed by atoms with Crippen LogP contribution in [0, 0.1) is 0 Å². The zero-order valence-electron chi connectivity index (χ0n) is 16.4. The molecule has 0 aliphatic carbocycles. The van der Waals surface area contributed by atoms with Gasteiger partial charge in [-0.05, 0) is 61.2 Å². The number of benzene rings is 2. The average Bonchev–Trinajstić information content (AvgIpc) is 2.71. The second-order valence-corrected chi connectivity index (χ2v) is 6.51. The van der Waals surface area contributed by atoms with Crippen LogP contribution in [0.2, 0.25) is 0 Å². The van der Waals surface area contributed by atoms with Crippen molar-refractivity contribution in [3.8, 4) is 5.75 Å². The molecule has 0 unspecified atom stereocenters. The van der Waals surface area contributed by atoms with E-state index in [4.69, 9.17) is 9.47 Å². The van der Waals surface area contributed by atoms with Crippen LogP contribution in [0.4, 0.5) is 5.69 Å². The predicted molar refractivity (Wildman–Crippen MR) is 107 cm³/mol. The van der Waals surface area contributed by atoms with E-state index in [1.165, 1.54) is 12.5 Å². The summed E-state index contributed by atoms with van der Waals surface area (Å²) in [5.74, 6) is -0.225. The van der Waals surface area contributed by atoms with Crippen molar-refractivity contribution in [2.45, 2.75) is 33.1 Å². The molecule has 0 heterocycles. The summed E-state index contributed by atoms with van der Waals surface area (Å²) in [6.07, 6.45) is 1.05. The number of hydrogen-bond donors (Lipinski definition) is 1. The Bertz CT molecular complexity index is 812. The maximum Gasteiger partial charge on any atom is 0.344 e. The maximum absolute atomic E-state index is 11.9. The Morgan fingerprint density at radius 1 is 0.964 bits per heavy atom. The molecule has 0 aromatic heterocycles. The van der Waals surface area contributed by atoms with Crippen molar-refractivity contribution >= 4 is 23.3 Å². The lowest BCUT2D eigenvalue weighted by atomic mass is 9.99. The Morgan fingerprint density at radius 3 is 2.18 bits per heavy atom. The van der Waals surface area contributed by atoms with Gasteiger partial charge in [0.1, 0.15) is 5.75 Å². The van der Waals surface area contributed by atoms with Gasteiger partial charge in [-0.1, -0.05) is 26.0 Å². The Balaban J connectivity index is 1.73. The van der Waals surface area contributed by atoms with Gasteiger partial charge in [0, 0.05) is 11.3 Å². The summed E-state index contributed by atoms with van der Waals surface area (Å²) in [6, 6.07) is 14.0. The fraction of sp³-hybridized carbons (Fsp3) is 0.318. The topological polar surface area (TPSA) is 81.7 Å². The zero-order chi connectivity index (χ0) is 20.5. The first-order valence-electron chi connectivity index (χ1n) is 9.18. The molecule has 148 valence electrons. The lowest BCUT2D eigenvalue weighted by molar-refractivity contribution is -0.149. The van der Waals surface area contributed by atoms with Crippen molar-refractivity contribution in [2.24, 2.45) is 0 Å². The monoisotopic (exact) mass is 383 g/mol. The van der Waals surface area contributed by atoms with E-state index in [9.17, 15) is 14.4 Å². The fourth-order valence-corrected chi connectivity index (χ4v) is 2.44. The van der Waals surface area contributed by atoms with E-state index in [1.54, 1.807) is 24.3 Å². The van der Waals surface area contributed by atoms with Crippen LogP contribution in [0.5, 0.6) is 5.75 Å². The van der Waals surface area contributed by atoms with Gasteiger partial charge < -0.3 is 14.8 Å². The summed E-state index contributed by atoms with van der Waals surface area (Å²) in [4.78, 5) is 34.8. The Hall–Kier alpha value is -3.15. The van der Waals surface area contributed by atoms with Gasteiger partial charge in [0.25, 0.3) is 5.91 Å². The highest BCUT2D eigenvalue weighted by molar-refractivity contribution is 5.94. The van der Waals surface area contributed by atoms with Crippen molar-refractivity contribution < 1.29 is 23.9 Å². The number of ketones is 1. The molecular weight excluding hydrogens is 358 g/mol. The van der Waals surface area contributed by atoms with E-state index in [-0.39, 0.29) is 12.4 Å². The minimum atomic E-state index is -0.655. The van der Waals surface area contributed by atoms with Crippen LogP contribution < -0.4 is 10.1 Å². The quantitative estimate of drug-likeness (QED) is 0.523. The van der Waals surface area contributed by atoms with Gasteiger partial charge >= 0.3 is 5.97 Å². The molecule has 6 heteroatoms. The van der Waals surface area contributed by atoms with Crippen LogP contribution in [0.3, 0.4) is 0 Å². The van der Waals surface area contributed by atoms with Crippen LogP contribution in [0.25, 0.3) is 0 Å². The summed E-state index contributed by atoms with van der Waals surface area (Å²) in [6.45, 7) is 5.03. The standard InChI is InChI=1S/C22H25NO5/c1-4-15(2)17-5-9-19(10-6-17)23-21(25)13-28-22(26)14-27-20-11-7-18(8-12-20)16(3)24/h5-12,15H,4,13-14H2,1-3H3,(H,23,25)/t15-/m1/s1. The van der Waals surface area contributed by atoms with Crippen molar-refractivity contribution in [1.29, 1.82) is 0 Å². The van der Waals surface area contributed by atoms with Crippen LogP contribution in [0.1, 0.15) is 49.0 Å². The van der Waals surface area contributed by atoms with Crippen molar-refractivity contribution in [1.82, 2.24) is 0 Å². The number of rotatable bonds is 9. The van der Waals surface area contributed by atoms with E-state index < -0.39 is 18.5 Å². The molecular formula is C22H25NO5. The maximum atomic E-state index is 11.9. The molecule has 0 aliphatic heterocycles. The number of esters is 1. The molecule has 0 spiro atoms. The fourth-order valence-electron chi connectivity index (χ4n) is 2.44. The van der Waals surface area contributed by atoms with Crippen molar-refractivity contribution in [2.75, 3.05) is 18.5 Å². The molecule has 2 rings (SSSR count). The molecule has 6 nitrogen and oxygen atoms in total. The van der Waals surface area contributed by atoms with Crippen LogP contribution in [-0.4, -0.2) is 30.9 Å². The van der Waals surface area contributed by atoms with E-state index in [2.05, 4.69) is 19.2 Å². The molecule has 0 saturated carbocycles. The minimum absolute atomic E-state index is 0.0495. The molecule has 1 amide bonds. The predicted octanol–water partition coefficient (Wildman–Crippen LogP) is 3.96. The third kappa shape index (κ3) is 6.54. The van der Waals surface area contributed by atoms with Crippen LogP contribution >= 0.6 is 0 Å². The van der Waals surface area contributed by atoms with Crippen LogP contribution in [0.15, 0.2) is 48.5 Å². The Labute approximate surface area is 164 Å². The lowest BCUT2D eigenvalue weighted by Gasteiger charge is -2.11. The van der Waals surface area contributed by atoms with E-state index in [0.717, 1.165) is 6.42 Å². The summed E-state index contributed by atoms with van der Waals surface area (Å²) in [5.41, 5.74) is 2.42. The molecule has 2 aromatic rings. The number of hydrogen-bond acceptors (Lipinski definition) is 5. The van der Waals surface area contributed by atoms with Gasteiger partial charge in [0.15, 0.2) is 19.0 Å². The second-order valence-electron chi connectivity index (χ2n) is 6.51. The van der Waals surface area contributed by atoms with Gasteiger partial charge in [0.05, 0.1) is 0 Å². The van der Waals surface area contributed by atoms with Crippen LogP contribution in [-0.2, 0) is 14.3 Å². The second kappa shape index (κ2) is 10.3. The first-order valence-corrected chi connectivity index (χ1v) is 9.18. The molecule has 0 bridgehead atoms. The van der Waals surface area contributed by atoms with E-state index >= 15 is 0 Å². The molecule has 0 fully saturated rings. The first-order chi connectivity index (χ1) is 13.4. The zero-order valence-corrected chi connectivity index (χ0v) is 16.4. The SMILES string of the molecule is CC[C@@H](C)c1ccc(NC(=O)COC(=O)COc2ccc(C(C)=O)cc2)cc1. The smallest absolute Gasteiger partial charge is 0.344 e. The summed E-state index contributed by atoms with van der Waals surface area (Å²) in [5, 5.41) is 2.68. The first kappa shape index (κ1) is 21.2. The Morgan fingerprint density at radius 2 is 1.61 bits per heavy atom. The molecule has 0 radical (unpaired) electrons. The number of amides is 1. The summed E-state index contributed by atoms with van der Waals surface area (Å²) < 4.78 is 10.2. The molecule has 2 aromatic carbocycles. The highest BCUT2D eigenvalue weighted by Gasteiger charge is 2.10. The largest absolute Gasteiger partial charge is 0.482 e. The number of ether oxygens (including phenoxy) is 2. The number of anilines is 1. The van der Waals surface area contributed by atoms with Gasteiger partial charge in [-0.2, -0.15) is 0 Å². The van der Waals surface area contributed by atoms with Gasteiger partial charge in [-0.3, -0.25) is 9.59 Å². The normalized spacial score (nSPS) is 11.4. The third-order valence-electron chi connectivity index (χ3n) is 4.36. The van der Waals surface area contributed by atoms with Gasteiger partial charge in [-0.25, -0.2) is 4.79 Å². The van der Waals surface area contributed by atoms with E-state index in [1.807, 2.05) is 24.3 Å². The van der Waals surface area contributed by atoms with Crippen molar-refractivity contribution in [3.05, 3.63) is 59.7 Å². The molecule has 0 aliphatic rings. The number of carbonyl (C=O) groups is 3. The van der Waals surface area contributed by atoms with Gasteiger partial charge in [-0.15, -0.1) is 0 Å². The third-order valence-corrected chi connectivity index (χ3v) is 4.36. The lowest BCUT2D eigenvalue weighted by Crippen LogP contribution is -2.23. The minimum Gasteiger partial charge on any atom is -0.482 e.